The summed E-state index contributed by atoms with van der Waals surface area (Å²) in [6, 6.07) is 8.87. The minimum absolute atomic E-state index is 0.196. The Kier molecular flexibility index (Phi) is 6.92. The third-order valence-electron chi connectivity index (χ3n) is 4.72. The monoisotopic (exact) mass is 467 g/mol. The number of nitrogens with one attached hydrogen (secondary N) is 2. The number of methoxy groups -OCH3 is 2. The van der Waals surface area contributed by atoms with Gasteiger partial charge in [0, 0.05) is 25.9 Å². The van der Waals surface area contributed by atoms with Crippen molar-refractivity contribution in [3.8, 4) is 5.75 Å². The molecule has 0 saturated carbocycles. The molecule has 0 radical (unpaired) electrons. The molecule has 0 fully saturated rings. The molecule has 0 saturated heterocycles. The second kappa shape index (κ2) is 9.49. The Balaban J connectivity index is 1.62. The highest BCUT2D eigenvalue weighted by Gasteiger charge is 2.34. The Morgan fingerprint density at radius 3 is 2.45 bits per heavy atom. The van der Waals surface area contributed by atoms with E-state index < -0.39 is 35.9 Å². The second-order valence-electron chi connectivity index (χ2n) is 7.07. The van der Waals surface area contributed by atoms with Crippen molar-refractivity contribution >= 4 is 23.4 Å². The van der Waals surface area contributed by atoms with Gasteiger partial charge in [-0.3, -0.25) is 4.79 Å². The zero-order chi connectivity index (χ0) is 24.2. The van der Waals surface area contributed by atoms with Gasteiger partial charge in [-0.05, 0) is 35.9 Å². The number of rotatable bonds is 7. The van der Waals surface area contributed by atoms with Crippen molar-refractivity contribution in [2.75, 3.05) is 26.1 Å². The molecule has 1 aliphatic rings. The topological polar surface area (TPSA) is 81.2 Å². The standard InChI is InChI=1S/C22H21F4N3O4/c1-21(32-3)27-11-16(20(29-21)31-2)13-4-7-15(8-5-13)33-12-19(30)28-14-6-9-18(23)17(10-14)22(24,25)26/h4-11,29H,12H2,1-3H3,(H,28,30). The normalized spacial score (nSPS) is 18.0. The third kappa shape index (κ3) is 5.80. The van der Waals surface area contributed by atoms with E-state index in [-0.39, 0.29) is 5.69 Å². The van der Waals surface area contributed by atoms with Crippen LogP contribution in [0, 0.1) is 5.82 Å². The maximum atomic E-state index is 13.4. The predicted octanol–water partition coefficient (Wildman–Crippen LogP) is 4.17. The molecule has 2 aromatic carbocycles. The van der Waals surface area contributed by atoms with Crippen LogP contribution in [0.1, 0.15) is 18.1 Å². The Bertz CT molecular complexity index is 1080. The van der Waals surface area contributed by atoms with Crippen molar-refractivity contribution in [1.82, 2.24) is 5.32 Å². The van der Waals surface area contributed by atoms with Crippen molar-refractivity contribution in [3.05, 3.63) is 65.3 Å². The second-order valence-corrected chi connectivity index (χ2v) is 7.07. The first-order chi connectivity index (χ1) is 15.5. The minimum Gasteiger partial charge on any atom is -0.484 e. The van der Waals surface area contributed by atoms with Crippen LogP contribution in [0.15, 0.2) is 53.3 Å². The van der Waals surface area contributed by atoms with Crippen molar-refractivity contribution in [3.63, 3.8) is 0 Å². The van der Waals surface area contributed by atoms with E-state index in [0.717, 1.165) is 11.6 Å². The van der Waals surface area contributed by atoms with Gasteiger partial charge in [-0.15, -0.1) is 0 Å². The van der Waals surface area contributed by atoms with E-state index in [0.29, 0.717) is 29.3 Å². The average Bonchev–Trinajstić information content (AvgIpc) is 2.78. The fourth-order valence-electron chi connectivity index (χ4n) is 2.92. The van der Waals surface area contributed by atoms with E-state index >= 15 is 0 Å². The summed E-state index contributed by atoms with van der Waals surface area (Å²) in [6.07, 6.45) is -3.26. The van der Waals surface area contributed by atoms with E-state index in [1.807, 2.05) is 0 Å². The molecule has 1 amide bonds. The van der Waals surface area contributed by atoms with Gasteiger partial charge in [-0.2, -0.15) is 13.2 Å². The lowest BCUT2D eigenvalue weighted by Crippen LogP contribution is -2.44. The van der Waals surface area contributed by atoms with Gasteiger partial charge in [0.2, 0.25) is 5.85 Å². The van der Waals surface area contributed by atoms with E-state index in [9.17, 15) is 22.4 Å². The Hall–Kier alpha value is -3.60. The number of ether oxygens (including phenoxy) is 3. The van der Waals surface area contributed by atoms with E-state index in [1.165, 1.54) is 14.2 Å². The van der Waals surface area contributed by atoms with E-state index in [1.54, 1.807) is 37.4 Å². The summed E-state index contributed by atoms with van der Waals surface area (Å²) in [5.41, 5.74) is -0.232. The first-order valence-corrected chi connectivity index (χ1v) is 9.61. The Labute approximate surface area is 187 Å². The van der Waals surface area contributed by atoms with Crippen molar-refractivity contribution < 1.29 is 36.6 Å². The van der Waals surface area contributed by atoms with Crippen LogP contribution in [0.25, 0.3) is 5.57 Å². The molecule has 2 aromatic rings. The number of alkyl halides is 3. The number of hydrogen-bond donors (Lipinski definition) is 2. The number of allylic oxidation sites excluding steroid dienone is 1. The molecular weight excluding hydrogens is 446 g/mol. The van der Waals surface area contributed by atoms with Gasteiger partial charge in [-0.25, -0.2) is 9.38 Å². The fourth-order valence-corrected chi connectivity index (χ4v) is 2.92. The molecule has 0 aliphatic carbocycles. The Morgan fingerprint density at radius 2 is 1.85 bits per heavy atom. The van der Waals surface area contributed by atoms with Gasteiger partial charge in [-0.1, -0.05) is 12.1 Å². The molecule has 33 heavy (non-hydrogen) atoms. The lowest BCUT2D eigenvalue weighted by atomic mass is 10.1. The lowest BCUT2D eigenvalue weighted by molar-refractivity contribution is -0.140. The smallest absolute Gasteiger partial charge is 0.419 e. The quantitative estimate of drug-likeness (QED) is 0.598. The average molecular weight is 467 g/mol. The summed E-state index contributed by atoms with van der Waals surface area (Å²) in [7, 11) is 3.02. The number of benzene rings is 2. The number of nitrogens with zero attached hydrogens (tertiary/aromatic N) is 1. The largest absolute Gasteiger partial charge is 0.484 e. The first kappa shape index (κ1) is 24.1. The van der Waals surface area contributed by atoms with Crippen LogP contribution in [0.4, 0.5) is 23.2 Å². The molecule has 2 N–H and O–H groups in total. The molecule has 1 unspecified atom stereocenters. The number of carbonyl (C=O) groups is 1. The van der Waals surface area contributed by atoms with Crippen LogP contribution in [0.5, 0.6) is 5.75 Å². The molecule has 1 aliphatic heterocycles. The number of hydrogen-bond acceptors (Lipinski definition) is 6. The van der Waals surface area contributed by atoms with Gasteiger partial charge in [0.15, 0.2) is 12.5 Å². The molecule has 176 valence electrons. The third-order valence-corrected chi connectivity index (χ3v) is 4.72. The van der Waals surface area contributed by atoms with Gasteiger partial charge < -0.3 is 24.8 Å². The summed E-state index contributed by atoms with van der Waals surface area (Å²) in [5, 5.41) is 5.28. The molecule has 1 atom stereocenters. The first-order valence-electron chi connectivity index (χ1n) is 9.61. The van der Waals surface area contributed by atoms with Gasteiger partial charge in [0.05, 0.1) is 18.2 Å². The van der Waals surface area contributed by atoms with E-state index in [4.69, 9.17) is 14.2 Å². The summed E-state index contributed by atoms with van der Waals surface area (Å²) in [5.74, 6) is -2.26. The molecule has 0 bridgehead atoms. The number of halogens is 4. The van der Waals surface area contributed by atoms with Crippen LogP contribution in [0.2, 0.25) is 0 Å². The zero-order valence-electron chi connectivity index (χ0n) is 17.9. The van der Waals surface area contributed by atoms with Crippen LogP contribution in [-0.4, -0.2) is 38.8 Å². The van der Waals surface area contributed by atoms with Crippen LogP contribution in [0.3, 0.4) is 0 Å². The molecular formula is C22H21F4N3O4. The Morgan fingerprint density at radius 1 is 1.15 bits per heavy atom. The van der Waals surface area contributed by atoms with Crippen molar-refractivity contribution in [1.29, 1.82) is 0 Å². The number of aliphatic imine (C=N–C) groups is 1. The zero-order valence-corrected chi connectivity index (χ0v) is 17.9. The number of anilines is 1. The highest BCUT2D eigenvalue weighted by atomic mass is 19.4. The van der Waals surface area contributed by atoms with Crippen LogP contribution >= 0.6 is 0 Å². The highest BCUT2D eigenvalue weighted by molar-refractivity contribution is 6.11. The maximum Gasteiger partial charge on any atom is 0.419 e. The van der Waals surface area contributed by atoms with Crippen molar-refractivity contribution in [2.45, 2.75) is 18.9 Å². The van der Waals surface area contributed by atoms with Crippen LogP contribution < -0.4 is 15.4 Å². The SMILES string of the molecule is COC1=C(c2ccc(OCC(=O)Nc3ccc(F)c(C(F)(F)F)c3)cc2)C=NC(C)(OC)N1. The number of carbonyl (C=O) groups excluding carboxylic acids is 1. The minimum atomic E-state index is -4.87. The summed E-state index contributed by atoms with van der Waals surface area (Å²) >= 11 is 0. The molecule has 0 spiro atoms. The summed E-state index contributed by atoms with van der Waals surface area (Å²) < 4.78 is 67.8. The van der Waals surface area contributed by atoms with Gasteiger partial charge >= 0.3 is 6.18 Å². The molecule has 11 heteroatoms. The molecule has 7 nitrogen and oxygen atoms in total. The predicted molar refractivity (Wildman–Crippen MR) is 113 cm³/mol. The lowest BCUT2D eigenvalue weighted by Gasteiger charge is -2.30. The summed E-state index contributed by atoms with van der Waals surface area (Å²) in [4.78, 5) is 16.4. The molecule has 0 aromatic heterocycles. The molecule has 1 heterocycles. The number of amides is 1. The van der Waals surface area contributed by atoms with Crippen molar-refractivity contribution in [2.24, 2.45) is 4.99 Å². The van der Waals surface area contributed by atoms with Gasteiger partial charge in [0.1, 0.15) is 11.6 Å². The fraction of sp³-hybridized carbons (Fsp3) is 0.273. The van der Waals surface area contributed by atoms with E-state index in [2.05, 4.69) is 15.6 Å². The van der Waals surface area contributed by atoms with Crippen LogP contribution in [-0.2, 0) is 20.4 Å². The highest BCUT2D eigenvalue weighted by Crippen LogP contribution is 2.33. The molecule has 3 rings (SSSR count). The van der Waals surface area contributed by atoms with Gasteiger partial charge in [0.25, 0.3) is 5.91 Å². The maximum absolute atomic E-state index is 13.4. The summed E-state index contributed by atoms with van der Waals surface area (Å²) in [6.45, 7) is 1.27.